The summed E-state index contributed by atoms with van der Waals surface area (Å²) in [7, 11) is 0. The Labute approximate surface area is 111 Å². The van der Waals surface area contributed by atoms with Crippen molar-refractivity contribution < 1.29 is 19.4 Å². The molecule has 1 aliphatic heterocycles. The van der Waals surface area contributed by atoms with Crippen molar-refractivity contribution in [2.24, 2.45) is 0 Å². The van der Waals surface area contributed by atoms with Gasteiger partial charge in [0.25, 0.3) is 0 Å². The highest BCUT2D eigenvalue weighted by Crippen LogP contribution is 2.18. The minimum Gasteiger partial charge on any atom is -0.491 e. The van der Waals surface area contributed by atoms with Crippen molar-refractivity contribution in [1.82, 2.24) is 4.90 Å². The van der Waals surface area contributed by atoms with E-state index >= 15 is 0 Å². The van der Waals surface area contributed by atoms with Gasteiger partial charge in [-0.15, -0.1) is 0 Å². The third-order valence-electron chi connectivity index (χ3n) is 3.16. The van der Waals surface area contributed by atoms with Gasteiger partial charge in [0, 0.05) is 13.0 Å². The molecule has 1 aromatic carbocycles. The van der Waals surface area contributed by atoms with Crippen molar-refractivity contribution in [3.05, 3.63) is 29.8 Å². The van der Waals surface area contributed by atoms with E-state index in [-0.39, 0.29) is 11.5 Å². The Balaban J connectivity index is 1.89. The summed E-state index contributed by atoms with van der Waals surface area (Å²) < 4.78 is 5.47. The first-order valence-electron chi connectivity index (χ1n) is 6.41. The largest absolute Gasteiger partial charge is 0.491 e. The molecule has 1 amide bonds. The number of hydrogen-bond acceptors (Lipinski definition) is 3. The Morgan fingerprint density at radius 1 is 1.32 bits per heavy atom. The van der Waals surface area contributed by atoms with E-state index < -0.39 is 5.97 Å². The summed E-state index contributed by atoms with van der Waals surface area (Å²) >= 11 is 0. The predicted octanol–water partition coefficient (Wildman–Crippen LogP) is 1.78. The molecule has 1 N–H and O–H groups in total. The third-order valence-corrected chi connectivity index (χ3v) is 3.16. The molecule has 0 aliphatic carbocycles. The van der Waals surface area contributed by atoms with Crippen LogP contribution in [0.3, 0.4) is 0 Å². The van der Waals surface area contributed by atoms with Crippen LogP contribution in [0.15, 0.2) is 24.3 Å². The van der Waals surface area contributed by atoms with E-state index in [2.05, 4.69) is 0 Å². The van der Waals surface area contributed by atoms with Gasteiger partial charge >= 0.3 is 5.97 Å². The first-order chi connectivity index (χ1) is 9.18. The number of carbonyl (C=O) groups excluding carboxylic acids is 1. The number of carbonyl (C=O) groups is 2. The van der Waals surface area contributed by atoms with E-state index in [1.807, 2.05) is 0 Å². The number of piperidine rings is 1. The number of para-hydroxylation sites is 1. The van der Waals surface area contributed by atoms with E-state index in [9.17, 15) is 9.59 Å². The summed E-state index contributed by atoms with van der Waals surface area (Å²) in [5, 5.41) is 9.01. The van der Waals surface area contributed by atoms with Crippen LogP contribution in [0.5, 0.6) is 5.75 Å². The summed E-state index contributed by atoms with van der Waals surface area (Å²) in [5.41, 5.74) is 0.146. The molecule has 102 valence electrons. The Kier molecular flexibility index (Phi) is 4.39. The average molecular weight is 263 g/mol. The number of hydrogen-bond donors (Lipinski definition) is 1. The number of carboxylic acids is 1. The van der Waals surface area contributed by atoms with E-state index in [0.717, 1.165) is 19.4 Å². The maximum Gasteiger partial charge on any atom is 0.339 e. The number of carboxylic acid groups (broad SMARTS) is 1. The van der Waals surface area contributed by atoms with Crippen molar-refractivity contribution in [2.75, 3.05) is 19.7 Å². The van der Waals surface area contributed by atoms with Crippen LogP contribution in [0, 0.1) is 0 Å². The molecule has 1 heterocycles. The van der Waals surface area contributed by atoms with Gasteiger partial charge in [-0.1, -0.05) is 12.1 Å². The first kappa shape index (κ1) is 13.4. The zero-order chi connectivity index (χ0) is 13.7. The second kappa shape index (κ2) is 6.22. The van der Waals surface area contributed by atoms with Gasteiger partial charge in [0.2, 0.25) is 5.91 Å². The summed E-state index contributed by atoms with van der Waals surface area (Å²) in [6, 6.07) is 6.52. The normalized spacial score (nSPS) is 15.4. The highest BCUT2D eigenvalue weighted by Gasteiger charge is 2.18. The van der Waals surface area contributed by atoms with Gasteiger partial charge in [-0.3, -0.25) is 4.79 Å². The van der Waals surface area contributed by atoms with Crippen LogP contribution in [0.4, 0.5) is 0 Å². The van der Waals surface area contributed by atoms with Crippen molar-refractivity contribution in [2.45, 2.75) is 19.3 Å². The van der Waals surface area contributed by atoms with Gasteiger partial charge in [-0.2, -0.15) is 0 Å². The van der Waals surface area contributed by atoms with Crippen LogP contribution in [-0.2, 0) is 4.79 Å². The smallest absolute Gasteiger partial charge is 0.339 e. The maximum atomic E-state index is 11.6. The van der Waals surface area contributed by atoms with Gasteiger partial charge in [-0.25, -0.2) is 4.79 Å². The second-order valence-corrected chi connectivity index (χ2v) is 4.49. The first-order valence-corrected chi connectivity index (χ1v) is 6.41. The third kappa shape index (κ3) is 3.47. The second-order valence-electron chi connectivity index (χ2n) is 4.49. The molecule has 0 aromatic heterocycles. The fourth-order valence-corrected chi connectivity index (χ4v) is 2.13. The Bertz CT molecular complexity index is 472. The minimum absolute atomic E-state index is 0.146. The molecular weight excluding hydrogens is 246 g/mol. The van der Waals surface area contributed by atoms with E-state index in [0.29, 0.717) is 25.3 Å². The fraction of sp³-hybridized carbons (Fsp3) is 0.429. The van der Waals surface area contributed by atoms with Crippen LogP contribution < -0.4 is 4.74 Å². The zero-order valence-electron chi connectivity index (χ0n) is 10.7. The lowest BCUT2D eigenvalue weighted by atomic mass is 10.1. The lowest BCUT2D eigenvalue weighted by Crippen LogP contribution is -2.38. The predicted molar refractivity (Wildman–Crippen MR) is 69.3 cm³/mol. The van der Waals surface area contributed by atoms with Crippen LogP contribution in [0.2, 0.25) is 0 Å². The number of amides is 1. The number of rotatable bonds is 5. The van der Waals surface area contributed by atoms with Gasteiger partial charge in [0.15, 0.2) is 0 Å². The number of likely N-dealkylation sites (tertiary alicyclic amines) is 1. The monoisotopic (exact) mass is 263 g/mol. The minimum atomic E-state index is -1.01. The van der Waals surface area contributed by atoms with Crippen LogP contribution >= 0.6 is 0 Å². The Morgan fingerprint density at radius 3 is 2.84 bits per heavy atom. The van der Waals surface area contributed by atoms with E-state index in [1.165, 1.54) is 6.07 Å². The van der Waals surface area contributed by atoms with Crippen molar-refractivity contribution in [3.8, 4) is 5.75 Å². The standard InChI is InChI=1S/C14H17NO4/c16-13-7-3-4-8-15(13)9-10-19-12-6-2-1-5-11(12)14(17)18/h1-2,5-6H,3-4,7-10H2,(H,17,18). The molecular formula is C14H17NO4. The van der Waals surface area contributed by atoms with Crippen LogP contribution in [0.1, 0.15) is 29.6 Å². The number of nitrogens with zero attached hydrogens (tertiary/aromatic N) is 1. The topological polar surface area (TPSA) is 66.8 Å². The summed E-state index contributed by atoms with van der Waals surface area (Å²) in [6.45, 7) is 1.59. The number of ether oxygens (including phenoxy) is 1. The molecule has 0 spiro atoms. The van der Waals surface area contributed by atoms with Crippen molar-refractivity contribution >= 4 is 11.9 Å². The maximum absolute atomic E-state index is 11.6. The zero-order valence-corrected chi connectivity index (χ0v) is 10.7. The quantitative estimate of drug-likeness (QED) is 0.879. The number of benzene rings is 1. The Hall–Kier alpha value is -2.04. The lowest BCUT2D eigenvalue weighted by molar-refractivity contribution is -0.133. The van der Waals surface area contributed by atoms with Crippen molar-refractivity contribution in [1.29, 1.82) is 0 Å². The summed E-state index contributed by atoms with van der Waals surface area (Å²) in [5.74, 6) is -0.509. The molecule has 0 unspecified atom stereocenters. The van der Waals surface area contributed by atoms with Gasteiger partial charge in [0.1, 0.15) is 17.9 Å². The molecule has 0 saturated carbocycles. The molecule has 1 saturated heterocycles. The molecule has 0 radical (unpaired) electrons. The summed E-state index contributed by atoms with van der Waals surface area (Å²) in [6.07, 6.45) is 2.58. The van der Waals surface area contributed by atoms with Gasteiger partial charge < -0.3 is 14.7 Å². The van der Waals surface area contributed by atoms with Gasteiger partial charge in [-0.05, 0) is 25.0 Å². The molecule has 1 aliphatic rings. The van der Waals surface area contributed by atoms with Crippen LogP contribution in [0.25, 0.3) is 0 Å². The van der Waals surface area contributed by atoms with E-state index in [4.69, 9.17) is 9.84 Å². The molecule has 19 heavy (non-hydrogen) atoms. The fourth-order valence-electron chi connectivity index (χ4n) is 2.13. The molecule has 1 fully saturated rings. The SMILES string of the molecule is O=C(O)c1ccccc1OCCN1CCCCC1=O. The van der Waals surface area contributed by atoms with Gasteiger partial charge in [0.05, 0.1) is 6.54 Å². The lowest BCUT2D eigenvalue weighted by Gasteiger charge is -2.26. The molecule has 0 atom stereocenters. The molecule has 5 nitrogen and oxygen atoms in total. The average Bonchev–Trinajstić information content (AvgIpc) is 2.41. The molecule has 0 bridgehead atoms. The number of aromatic carboxylic acids is 1. The van der Waals surface area contributed by atoms with Crippen LogP contribution in [-0.4, -0.2) is 41.6 Å². The summed E-state index contributed by atoms with van der Waals surface area (Å²) in [4.78, 5) is 24.4. The highest BCUT2D eigenvalue weighted by molar-refractivity contribution is 5.90. The Morgan fingerprint density at radius 2 is 2.11 bits per heavy atom. The van der Waals surface area contributed by atoms with E-state index in [1.54, 1.807) is 23.1 Å². The highest BCUT2D eigenvalue weighted by atomic mass is 16.5. The van der Waals surface area contributed by atoms with Crippen molar-refractivity contribution in [3.63, 3.8) is 0 Å². The molecule has 2 rings (SSSR count). The molecule has 1 aromatic rings. The molecule has 5 heteroatoms.